The smallest absolute Gasteiger partial charge is 0.220 e. The number of nitrogens with zero attached hydrogens (tertiary/aromatic N) is 1. The first-order valence-electron chi connectivity index (χ1n) is 4.68. The predicted molar refractivity (Wildman–Crippen MR) is 46.4 cm³/mol. The summed E-state index contributed by atoms with van der Waals surface area (Å²) in [7, 11) is 2.15. The van der Waals surface area contributed by atoms with E-state index in [1.807, 2.05) is 0 Å². The largest absolute Gasteiger partial charge is 0.369 e. The van der Waals surface area contributed by atoms with Crippen LogP contribution in [0, 0.1) is 11.8 Å². The molecule has 12 heavy (non-hydrogen) atoms. The first-order valence-corrected chi connectivity index (χ1v) is 4.68. The third kappa shape index (κ3) is 1.12. The van der Waals surface area contributed by atoms with Gasteiger partial charge in [0.15, 0.2) is 0 Å². The van der Waals surface area contributed by atoms with Crippen LogP contribution in [0.25, 0.3) is 0 Å². The highest BCUT2D eigenvalue weighted by Crippen LogP contribution is 2.38. The summed E-state index contributed by atoms with van der Waals surface area (Å²) >= 11 is 0. The van der Waals surface area contributed by atoms with Crippen molar-refractivity contribution in [2.24, 2.45) is 17.6 Å². The van der Waals surface area contributed by atoms with E-state index in [-0.39, 0.29) is 11.8 Å². The molecule has 3 rings (SSSR count). The number of fused-ring (bicyclic) bond motifs is 3. The van der Waals surface area contributed by atoms with Crippen LogP contribution >= 0.6 is 0 Å². The molecule has 2 aliphatic heterocycles. The Morgan fingerprint density at radius 3 is 2.67 bits per heavy atom. The van der Waals surface area contributed by atoms with Gasteiger partial charge in [0.05, 0.1) is 0 Å². The minimum atomic E-state index is -0.0854. The number of amides is 1. The van der Waals surface area contributed by atoms with Gasteiger partial charge in [-0.3, -0.25) is 4.79 Å². The lowest BCUT2D eigenvalue weighted by Crippen LogP contribution is -2.53. The zero-order chi connectivity index (χ0) is 8.72. The van der Waals surface area contributed by atoms with Gasteiger partial charge < -0.3 is 10.6 Å². The lowest BCUT2D eigenvalue weighted by molar-refractivity contribution is -0.128. The number of primary amides is 1. The van der Waals surface area contributed by atoms with Gasteiger partial charge in [0.25, 0.3) is 0 Å². The molecule has 0 aromatic carbocycles. The Bertz CT molecular complexity index is 205. The molecular formula is C9H16N2O. The van der Waals surface area contributed by atoms with Crippen molar-refractivity contribution in [2.75, 3.05) is 13.6 Å². The Morgan fingerprint density at radius 1 is 1.50 bits per heavy atom. The number of hydrogen-bond acceptors (Lipinski definition) is 2. The van der Waals surface area contributed by atoms with E-state index in [9.17, 15) is 4.79 Å². The SMILES string of the molecule is CN1C[C@H]2CCC1C[C@H]2C(N)=O. The molecule has 2 bridgehead atoms. The van der Waals surface area contributed by atoms with Crippen molar-refractivity contribution in [3.63, 3.8) is 0 Å². The van der Waals surface area contributed by atoms with Crippen molar-refractivity contribution in [2.45, 2.75) is 25.3 Å². The van der Waals surface area contributed by atoms with Gasteiger partial charge in [-0.25, -0.2) is 0 Å². The summed E-state index contributed by atoms with van der Waals surface area (Å²) in [4.78, 5) is 13.4. The lowest BCUT2D eigenvalue weighted by atomic mass is 9.72. The fourth-order valence-corrected chi connectivity index (χ4v) is 2.70. The molecule has 2 heterocycles. The maximum absolute atomic E-state index is 11.1. The zero-order valence-corrected chi connectivity index (χ0v) is 7.49. The molecular weight excluding hydrogens is 152 g/mol. The molecule has 3 aliphatic rings. The number of carbonyl (C=O) groups excluding carboxylic acids is 1. The van der Waals surface area contributed by atoms with E-state index in [1.165, 1.54) is 12.8 Å². The van der Waals surface area contributed by atoms with Gasteiger partial charge in [-0.2, -0.15) is 0 Å². The van der Waals surface area contributed by atoms with E-state index in [4.69, 9.17) is 5.73 Å². The highest BCUT2D eigenvalue weighted by atomic mass is 16.1. The fraction of sp³-hybridized carbons (Fsp3) is 0.889. The number of piperidine rings is 2. The molecule has 1 saturated carbocycles. The van der Waals surface area contributed by atoms with Crippen LogP contribution in [0.3, 0.4) is 0 Å². The molecule has 1 aliphatic carbocycles. The normalized spacial score (nSPS) is 41.6. The number of hydrogen-bond donors (Lipinski definition) is 1. The first-order chi connectivity index (χ1) is 5.68. The van der Waals surface area contributed by atoms with Gasteiger partial charge in [0, 0.05) is 18.5 Å². The monoisotopic (exact) mass is 168 g/mol. The molecule has 3 fully saturated rings. The van der Waals surface area contributed by atoms with Crippen molar-refractivity contribution in [3.05, 3.63) is 0 Å². The van der Waals surface area contributed by atoms with Crippen LogP contribution in [0.15, 0.2) is 0 Å². The summed E-state index contributed by atoms with van der Waals surface area (Å²) in [5.74, 6) is 0.621. The van der Waals surface area contributed by atoms with Gasteiger partial charge in [0.1, 0.15) is 0 Å². The summed E-state index contributed by atoms with van der Waals surface area (Å²) in [6, 6.07) is 0.618. The van der Waals surface area contributed by atoms with E-state index in [0.29, 0.717) is 12.0 Å². The Kier molecular flexibility index (Phi) is 1.83. The van der Waals surface area contributed by atoms with E-state index < -0.39 is 0 Å². The van der Waals surface area contributed by atoms with Crippen LogP contribution in [0.1, 0.15) is 19.3 Å². The van der Waals surface area contributed by atoms with E-state index in [0.717, 1.165) is 13.0 Å². The minimum Gasteiger partial charge on any atom is -0.369 e. The molecule has 3 heteroatoms. The number of carbonyl (C=O) groups is 1. The van der Waals surface area contributed by atoms with Crippen molar-refractivity contribution < 1.29 is 4.79 Å². The van der Waals surface area contributed by atoms with Crippen LogP contribution in [-0.2, 0) is 4.79 Å². The van der Waals surface area contributed by atoms with Crippen LogP contribution in [0.5, 0.6) is 0 Å². The maximum Gasteiger partial charge on any atom is 0.220 e. The predicted octanol–water partition coefficient (Wildman–Crippen LogP) is 0.202. The fourth-order valence-electron chi connectivity index (χ4n) is 2.70. The highest BCUT2D eigenvalue weighted by Gasteiger charge is 2.40. The minimum absolute atomic E-state index is 0.0854. The number of rotatable bonds is 1. The van der Waals surface area contributed by atoms with Crippen molar-refractivity contribution in [1.82, 2.24) is 4.90 Å². The van der Waals surface area contributed by atoms with E-state index >= 15 is 0 Å². The quantitative estimate of drug-likeness (QED) is 0.608. The third-order valence-electron chi connectivity index (χ3n) is 3.48. The Morgan fingerprint density at radius 2 is 2.25 bits per heavy atom. The molecule has 68 valence electrons. The van der Waals surface area contributed by atoms with Crippen molar-refractivity contribution in [1.29, 1.82) is 0 Å². The molecule has 0 radical (unpaired) electrons. The molecule has 3 atom stereocenters. The van der Waals surface area contributed by atoms with Crippen LogP contribution < -0.4 is 5.73 Å². The van der Waals surface area contributed by atoms with Crippen LogP contribution in [0.2, 0.25) is 0 Å². The molecule has 0 aromatic rings. The summed E-state index contributed by atoms with van der Waals surface area (Å²) in [5, 5.41) is 0. The van der Waals surface area contributed by atoms with Gasteiger partial charge in [-0.1, -0.05) is 0 Å². The third-order valence-corrected chi connectivity index (χ3v) is 3.48. The Hall–Kier alpha value is -0.570. The molecule has 3 nitrogen and oxygen atoms in total. The van der Waals surface area contributed by atoms with Gasteiger partial charge in [0.2, 0.25) is 5.91 Å². The van der Waals surface area contributed by atoms with Gasteiger partial charge >= 0.3 is 0 Å². The maximum atomic E-state index is 11.1. The second kappa shape index (κ2) is 2.73. The molecule has 2 saturated heterocycles. The zero-order valence-electron chi connectivity index (χ0n) is 7.49. The van der Waals surface area contributed by atoms with Crippen molar-refractivity contribution >= 4 is 5.91 Å². The average Bonchev–Trinajstić information content (AvgIpc) is 2.04. The standard InChI is InChI=1S/C9H16N2O/c1-11-5-6-2-3-7(11)4-8(6)9(10)12/h6-8H,2-5H2,1H3,(H2,10,12)/t6-,7?,8-/m1/s1. The van der Waals surface area contributed by atoms with E-state index in [2.05, 4.69) is 11.9 Å². The molecule has 1 amide bonds. The van der Waals surface area contributed by atoms with Crippen LogP contribution in [0.4, 0.5) is 0 Å². The summed E-state index contributed by atoms with van der Waals surface area (Å²) in [6.45, 7) is 1.07. The molecule has 2 N–H and O–H groups in total. The topological polar surface area (TPSA) is 46.3 Å². The second-order valence-electron chi connectivity index (χ2n) is 4.18. The number of nitrogens with two attached hydrogens (primary N) is 1. The molecule has 0 spiro atoms. The molecule has 1 unspecified atom stereocenters. The average molecular weight is 168 g/mol. The first kappa shape index (κ1) is 8.05. The van der Waals surface area contributed by atoms with Gasteiger partial charge in [-0.15, -0.1) is 0 Å². The highest BCUT2D eigenvalue weighted by molar-refractivity contribution is 5.77. The lowest BCUT2D eigenvalue weighted by Gasteiger charge is -2.47. The van der Waals surface area contributed by atoms with Crippen molar-refractivity contribution in [3.8, 4) is 0 Å². The summed E-state index contributed by atoms with van der Waals surface area (Å²) in [6.07, 6.45) is 3.45. The summed E-state index contributed by atoms with van der Waals surface area (Å²) < 4.78 is 0. The second-order valence-corrected chi connectivity index (χ2v) is 4.18. The summed E-state index contributed by atoms with van der Waals surface area (Å²) in [5.41, 5.74) is 5.34. The van der Waals surface area contributed by atoms with Crippen LogP contribution in [-0.4, -0.2) is 30.4 Å². The van der Waals surface area contributed by atoms with Gasteiger partial charge in [-0.05, 0) is 32.2 Å². The molecule has 0 aromatic heterocycles. The Labute approximate surface area is 72.9 Å². The van der Waals surface area contributed by atoms with E-state index in [1.54, 1.807) is 0 Å². The Balaban J connectivity index is 2.10.